The molecule has 1 saturated carbocycles. The predicted molar refractivity (Wildman–Crippen MR) is 96.1 cm³/mol. The summed E-state index contributed by atoms with van der Waals surface area (Å²) in [5.41, 5.74) is 2.00. The molecule has 1 aliphatic rings. The van der Waals surface area contributed by atoms with Gasteiger partial charge in [-0.25, -0.2) is 0 Å². The number of hydrogen-bond donors (Lipinski definition) is 1. The lowest BCUT2D eigenvalue weighted by Gasteiger charge is -2.14. The number of alkyl halides is 3. The number of carbonyl (C=O) groups excluding carboxylic acids is 1. The van der Waals surface area contributed by atoms with E-state index >= 15 is 0 Å². The topological polar surface area (TPSA) is 46.9 Å². The Hall–Kier alpha value is -2.83. The van der Waals surface area contributed by atoms with Crippen molar-refractivity contribution in [3.63, 3.8) is 0 Å². The van der Waals surface area contributed by atoms with E-state index in [4.69, 9.17) is 0 Å². The number of pyridine rings is 1. The third kappa shape index (κ3) is 3.54. The van der Waals surface area contributed by atoms with Crippen molar-refractivity contribution in [1.29, 1.82) is 0 Å². The smallest absolute Gasteiger partial charge is 0.352 e. The van der Waals surface area contributed by atoms with Crippen molar-refractivity contribution in [2.45, 2.75) is 38.5 Å². The van der Waals surface area contributed by atoms with Crippen molar-refractivity contribution in [1.82, 2.24) is 14.9 Å². The minimum absolute atomic E-state index is 0.0735. The summed E-state index contributed by atoms with van der Waals surface area (Å²) in [7, 11) is 0. The largest absolute Gasteiger partial charge is 0.416 e. The van der Waals surface area contributed by atoms with E-state index in [2.05, 4.69) is 10.3 Å². The molecule has 3 aromatic rings. The van der Waals surface area contributed by atoms with Crippen LogP contribution < -0.4 is 5.32 Å². The van der Waals surface area contributed by atoms with Crippen LogP contribution in [-0.2, 0) is 17.5 Å². The Morgan fingerprint density at radius 2 is 2.07 bits per heavy atom. The molecule has 4 nitrogen and oxygen atoms in total. The molecule has 0 atom stereocenters. The van der Waals surface area contributed by atoms with Gasteiger partial charge in [-0.05, 0) is 49.1 Å². The van der Waals surface area contributed by atoms with Crippen molar-refractivity contribution >= 4 is 16.9 Å². The van der Waals surface area contributed by atoms with Gasteiger partial charge in [0.1, 0.15) is 6.54 Å². The van der Waals surface area contributed by atoms with Gasteiger partial charge in [-0.3, -0.25) is 9.78 Å². The SMILES string of the molecule is Cc1c(-c2cnc3ccn(CC(=O)NC4CC4)c3c2)cccc1C(F)(F)F. The Morgan fingerprint density at radius 1 is 1.30 bits per heavy atom. The van der Waals surface area contributed by atoms with Crippen LogP contribution in [-0.4, -0.2) is 21.5 Å². The van der Waals surface area contributed by atoms with E-state index in [1.54, 1.807) is 35.2 Å². The number of rotatable bonds is 4. The molecule has 2 aromatic heterocycles. The summed E-state index contributed by atoms with van der Waals surface area (Å²) in [5.74, 6) is -0.0735. The van der Waals surface area contributed by atoms with Gasteiger partial charge in [0.25, 0.3) is 0 Å². The highest BCUT2D eigenvalue weighted by molar-refractivity contribution is 5.84. The summed E-state index contributed by atoms with van der Waals surface area (Å²) in [5, 5.41) is 2.93. The predicted octanol–water partition coefficient (Wildman–Crippen LogP) is 4.31. The molecule has 1 aliphatic carbocycles. The van der Waals surface area contributed by atoms with Crippen LogP contribution in [0.3, 0.4) is 0 Å². The van der Waals surface area contributed by atoms with Crippen molar-refractivity contribution in [3.8, 4) is 11.1 Å². The summed E-state index contributed by atoms with van der Waals surface area (Å²) < 4.78 is 41.4. The first-order valence-corrected chi connectivity index (χ1v) is 8.74. The van der Waals surface area contributed by atoms with E-state index in [1.807, 2.05) is 0 Å². The van der Waals surface area contributed by atoms with Crippen LogP contribution in [0.1, 0.15) is 24.0 Å². The van der Waals surface area contributed by atoms with E-state index in [-0.39, 0.29) is 24.1 Å². The third-order valence-electron chi connectivity index (χ3n) is 4.83. The number of aromatic nitrogens is 2. The van der Waals surface area contributed by atoms with E-state index in [0.29, 0.717) is 16.6 Å². The molecule has 0 bridgehead atoms. The number of halogens is 3. The number of nitrogens with zero attached hydrogens (tertiary/aromatic N) is 2. The second kappa shape index (κ2) is 6.40. The molecule has 140 valence electrons. The standard InChI is InChI=1S/C20H18F3N3O/c1-12-15(3-2-4-16(12)20(21,22)23)13-9-18-17(24-10-13)7-8-26(18)11-19(27)25-14-5-6-14/h2-4,7-10,14H,5-6,11H2,1H3,(H,25,27). The molecule has 0 spiro atoms. The van der Waals surface area contributed by atoms with Gasteiger partial charge in [-0.2, -0.15) is 13.2 Å². The lowest BCUT2D eigenvalue weighted by atomic mass is 9.97. The normalized spacial score (nSPS) is 14.5. The fourth-order valence-electron chi connectivity index (χ4n) is 3.26. The minimum Gasteiger partial charge on any atom is -0.352 e. The Balaban J connectivity index is 1.71. The van der Waals surface area contributed by atoms with Crippen LogP contribution in [0.4, 0.5) is 13.2 Å². The number of fused-ring (bicyclic) bond motifs is 1. The van der Waals surface area contributed by atoms with Crippen LogP contribution in [0.25, 0.3) is 22.2 Å². The maximum atomic E-state index is 13.2. The van der Waals surface area contributed by atoms with Crippen molar-refractivity contribution in [2.75, 3.05) is 0 Å². The molecule has 1 N–H and O–H groups in total. The molecule has 0 saturated heterocycles. The second-order valence-corrected chi connectivity index (χ2v) is 6.89. The summed E-state index contributed by atoms with van der Waals surface area (Å²) >= 11 is 0. The fraction of sp³-hybridized carbons (Fsp3) is 0.300. The van der Waals surface area contributed by atoms with Gasteiger partial charge in [0.05, 0.1) is 16.6 Å². The lowest BCUT2D eigenvalue weighted by molar-refractivity contribution is -0.138. The quantitative estimate of drug-likeness (QED) is 0.741. The van der Waals surface area contributed by atoms with Gasteiger partial charge in [0.2, 0.25) is 5.91 Å². The molecule has 1 amide bonds. The first-order chi connectivity index (χ1) is 12.8. The summed E-state index contributed by atoms with van der Waals surface area (Å²) in [4.78, 5) is 16.4. The molecule has 0 unspecified atom stereocenters. The highest BCUT2D eigenvalue weighted by atomic mass is 19.4. The lowest BCUT2D eigenvalue weighted by Crippen LogP contribution is -2.29. The van der Waals surface area contributed by atoms with Gasteiger partial charge in [0.15, 0.2) is 0 Å². The number of carbonyl (C=O) groups is 1. The molecule has 4 rings (SSSR count). The highest BCUT2D eigenvalue weighted by Gasteiger charge is 2.33. The van der Waals surface area contributed by atoms with Crippen LogP contribution in [0.2, 0.25) is 0 Å². The van der Waals surface area contributed by atoms with Crippen molar-refractivity contribution in [2.24, 2.45) is 0 Å². The Bertz CT molecular complexity index is 1020. The van der Waals surface area contributed by atoms with Gasteiger partial charge in [-0.1, -0.05) is 12.1 Å². The van der Waals surface area contributed by atoms with Gasteiger partial charge < -0.3 is 9.88 Å². The van der Waals surface area contributed by atoms with Crippen LogP contribution >= 0.6 is 0 Å². The van der Waals surface area contributed by atoms with Crippen LogP contribution in [0.15, 0.2) is 42.7 Å². The molecule has 2 heterocycles. The summed E-state index contributed by atoms with van der Waals surface area (Å²) in [6.07, 6.45) is 0.961. The first-order valence-electron chi connectivity index (χ1n) is 8.74. The third-order valence-corrected chi connectivity index (χ3v) is 4.83. The molecule has 0 aliphatic heterocycles. The Labute approximate surface area is 154 Å². The van der Waals surface area contributed by atoms with E-state index < -0.39 is 11.7 Å². The molecule has 0 radical (unpaired) electrons. The number of benzene rings is 1. The van der Waals surface area contributed by atoms with Gasteiger partial charge in [-0.15, -0.1) is 0 Å². The zero-order valence-electron chi connectivity index (χ0n) is 14.7. The minimum atomic E-state index is -4.40. The monoisotopic (exact) mass is 373 g/mol. The van der Waals surface area contributed by atoms with Crippen LogP contribution in [0, 0.1) is 6.92 Å². The maximum absolute atomic E-state index is 13.2. The molecular formula is C20H18F3N3O. The number of nitrogens with one attached hydrogen (secondary N) is 1. The molecule has 1 aromatic carbocycles. The molecular weight excluding hydrogens is 355 g/mol. The average Bonchev–Trinajstić information content (AvgIpc) is 3.33. The highest BCUT2D eigenvalue weighted by Crippen LogP contribution is 2.36. The van der Waals surface area contributed by atoms with E-state index in [0.717, 1.165) is 24.4 Å². The Kier molecular flexibility index (Phi) is 4.17. The molecule has 1 fully saturated rings. The van der Waals surface area contributed by atoms with Gasteiger partial charge >= 0.3 is 6.18 Å². The summed E-state index contributed by atoms with van der Waals surface area (Å²) in [6, 6.07) is 7.99. The van der Waals surface area contributed by atoms with E-state index in [9.17, 15) is 18.0 Å². The number of amides is 1. The number of hydrogen-bond acceptors (Lipinski definition) is 2. The second-order valence-electron chi connectivity index (χ2n) is 6.89. The molecule has 27 heavy (non-hydrogen) atoms. The zero-order chi connectivity index (χ0) is 19.2. The summed E-state index contributed by atoms with van der Waals surface area (Å²) in [6.45, 7) is 1.62. The fourth-order valence-corrected chi connectivity index (χ4v) is 3.26. The maximum Gasteiger partial charge on any atom is 0.416 e. The van der Waals surface area contributed by atoms with Crippen LogP contribution in [0.5, 0.6) is 0 Å². The molecule has 7 heteroatoms. The first kappa shape index (κ1) is 17.6. The van der Waals surface area contributed by atoms with E-state index in [1.165, 1.54) is 13.0 Å². The van der Waals surface area contributed by atoms with Gasteiger partial charge in [0, 0.05) is 24.0 Å². The average molecular weight is 373 g/mol. The van der Waals surface area contributed by atoms with Crippen molar-refractivity contribution in [3.05, 3.63) is 53.9 Å². The Morgan fingerprint density at radius 3 is 2.78 bits per heavy atom. The van der Waals surface area contributed by atoms with Crippen molar-refractivity contribution < 1.29 is 18.0 Å². The zero-order valence-corrected chi connectivity index (χ0v) is 14.7.